The minimum absolute atomic E-state index is 0.0597. The summed E-state index contributed by atoms with van der Waals surface area (Å²) < 4.78 is 16.3. The molecule has 2 aliphatic rings. The Morgan fingerprint density at radius 3 is 2.03 bits per heavy atom. The first-order valence-electron chi connectivity index (χ1n) is 13.2. The van der Waals surface area contributed by atoms with Crippen molar-refractivity contribution in [1.82, 2.24) is 0 Å². The monoisotopic (exact) mass is 470 g/mol. The Kier molecular flexibility index (Phi) is 11.1. The number of carbonyl (C=O) groups excluding carboxylic acids is 2. The molecular weight excluding hydrogens is 428 g/mol. The van der Waals surface area contributed by atoms with Crippen LogP contribution in [0.1, 0.15) is 93.0 Å². The van der Waals surface area contributed by atoms with Crippen LogP contribution in [0, 0.1) is 11.8 Å². The topological polar surface area (TPSA) is 61.8 Å². The Morgan fingerprint density at radius 2 is 1.44 bits per heavy atom. The second kappa shape index (κ2) is 14.3. The molecule has 0 radical (unpaired) electrons. The van der Waals surface area contributed by atoms with E-state index >= 15 is 0 Å². The van der Waals surface area contributed by atoms with E-state index in [9.17, 15) is 9.59 Å². The fraction of sp³-hybridized carbons (Fsp3) is 0.655. The van der Waals surface area contributed by atoms with Crippen LogP contribution in [-0.4, -0.2) is 37.9 Å². The van der Waals surface area contributed by atoms with E-state index in [0.29, 0.717) is 18.3 Å². The van der Waals surface area contributed by atoms with Gasteiger partial charge >= 0.3 is 11.9 Å². The molecule has 0 heterocycles. The molecule has 0 spiro atoms. The molecule has 0 atom stereocenters. The maximum Gasteiger partial charge on any atom is 0.338 e. The van der Waals surface area contributed by atoms with E-state index in [-0.39, 0.29) is 18.0 Å². The SMILES string of the molecule is C=CC(=O)OCCCCCCc1ccc(C(=O)OC2CCC(C3CCC(OC)CC3)CC2)cc1. The van der Waals surface area contributed by atoms with Crippen LogP contribution in [0.25, 0.3) is 0 Å². The van der Waals surface area contributed by atoms with Gasteiger partial charge in [0.2, 0.25) is 0 Å². The zero-order chi connectivity index (χ0) is 24.2. The predicted molar refractivity (Wildman–Crippen MR) is 134 cm³/mol. The molecule has 1 aromatic rings. The highest BCUT2D eigenvalue weighted by Gasteiger charge is 2.32. The molecule has 3 rings (SSSR count). The normalized spacial score (nSPS) is 24.9. The highest BCUT2D eigenvalue weighted by Crippen LogP contribution is 2.39. The summed E-state index contributed by atoms with van der Waals surface area (Å²) in [6.07, 6.45) is 16.1. The smallest absolute Gasteiger partial charge is 0.338 e. The number of carbonyl (C=O) groups is 2. The van der Waals surface area contributed by atoms with Gasteiger partial charge < -0.3 is 14.2 Å². The first kappa shape index (κ1) is 26.5. The van der Waals surface area contributed by atoms with Crippen molar-refractivity contribution in [3.05, 3.63) is 48.0 Å². The van der Waals surface area contributed by atoms with E-state index in [2.05, 4.69) is 6.58 Å². The van der Waals surface area contributed by atoms with Crippen molar-refractivity contribution in [3.63, 3.8) is 0 Å². The lowest BCUT2D eigenvalue weighted by atomic mass is 9.72. The average molecular weight is 471 g/mol. The van der Waals surface area contributed by atoms with E-state index in [4.69, 9.17) is 14.2 Å². The Hall–Kier alpha value is -2.14. The standard InChI is InChI=1S/C29H42O5/c1-3-28(30)33-21-7-5-4-6-8-22-9-11-25(12-10-22)29(31)34-27-19-15-24(16-20-27)23-13-17-26(32-2)18-14-23/h3,9-12,23-24,26-27H,1,4-8,13-21H2,2H3. The lowest BCUT2D eigenvalue weighted by Gasteiger charge is -2.37. The summed E-state index contributed by atoms with van der Waals surface area (Å²) in [6, 6.07) is 7.87. The molecule has 0 N–H and O–H groups in total. The van der Waals surface area contributed by atoms with Crippen LogP contribution < -0.4 is 0 Å². The third kappa shape index (κ3) is 8.57. The highest BCUT2D eigenvalue weighted by molar-refractivity contribution is 5.89. The Morgan fingerprint density at radius 1 is 0.853 bits per heavy atom. The lowest BCUT2D eigenvalue weighted by molar-refractivity contribution is -0.137. The van der Waals surface area contributed by atoms with Crippen LogP contribution >= 0.6 is 0 Å². The number of hydrogen-bond donors (Lipinski definition) is 0. The summed E-state index contributed by atoms with van der Waals surface area (Å²) in [5.74, 6) is 1.07. The molecule has 5 nitrogen and oxygen atoms in total. The van der Waals surface area contributed by atoms with Crippen molar-refractivity contribution in [3.8, 4) is 0 Å². The van der Waals surface area contributed by atoms with Gasteiger partial charge in [0.05, 0.1) is 18.3 Å². The summed E-state index contributed by atoms with van der Waals surface area (Å²) in [5.41, 5.74) is 1.88. The van der Waals surface area contributed by atoms with Gasteiger partial charge in [-0.2, -0.15) is 0 Å². The number of aryl methyl sites for hydroxylation is 1. The van der Waals surface area contributed by atoms with Crippen LogP contribution in [0.2, 0.25) is 0 Å². The molecule has 2 aliphatic carbocycles. The fourth-order valence-electron chi connectivity index (χ4n) is 5.52. The van der Waals surface area contributed by atoms with E-state index in [0.717, 1.165) is 56.8 Å². The first-order chi connectivity index (χ1) is 16.6. The number of methoxy groups -OCH3 is 1. The molecule has 0 aromatic heterocycles. The summed E-state index contributed by atoms with van der Waals surface area (Å²) in [6.45, 7) is 3.84. The summed E-state index contributed by atoms with van der Waals surface area (Å²) >= 11 is 0. The molecular formula is C29H42O5. The number of rotatable bonds is 12. The third-order valence-electron chi connectivity index (χ3n) is 7.67. The van der Waals surface area contributed by atoms with Gasteiger partial charge in [-0.3, -0.25) is 0 Å². The molecule has 0 saturated heterocycles. The zero-order valence-corrected chi connectivity index (χ0v) is 20.8. The van der Waals surface area contributed by atoms with Crippen molar-refractivity contribution in [2.24, 2.45) is 11.8 Å². The van der Waals surface area contributed by atoms with Gasteiger partial charge in [-0.25, -0.2) is 9.59 Å². The van der Waals surface area contributed by atoms with Crippen molar-refractivity contribution in [1.29, 1.82) is 0 Å². The largest absolute Gasteiger partial charge is 0.463 e. The number of ether oxygens (including phenoxy) is 3. The molecule has 188 valence electrons. The predicted octanol–water partition coefficient (Wildman–Crippen LogP) is 6.44. The maximum atomic E-state index is 12.6. The van der Waals surface area contributed by atoms with Crippen molar-refractivity contribution in [2.45, 2.75) is 95.7 Å². The van der Waals surface area contributed by atoms with Gasteiger partial charge in [0.1, 0.15) is 6.10 Å². The molecule has 5 heteroatoms. The lowest BCUT2D eigenvalue weighted by Crippen LogP contribution is -2.31. The average Bonchev–Trinajstić information content (AvgIpc) is 2.88. The summed E-state index contributed by atoms with van der Waals surface area (Å²) in [7, 11) is 1.83. The zero-order valence-electron chi connectivity index (χ0n) is 20.8. The van der Waals surface area contributed by atoms with E-state index < -0.39 is 0 Å². The molecule has 34 heavy (non-hydrogen) atoms. The number of esters is 2. The maximum absolute atomic E-state index is 12.6. The molecule has 2 fully saturated rings. The first-order valence-corrected chi connectivity index (χ1v) is 13.2. The summed E-state index contributed by atoms with van der Waals surface area (Å²) in [4.78, 5) is 23.6. The Labute approximate surface area is 205 Å². The fourth-order valence-corrected chi connectivity index (χ4v) is 5.52. The van der Waals surface area contributed by atoms with Crippen LogP contribution in [-0.2, 0) is 25.4 Å². The second-order valence-electron chi connectivity index (χ2n) is 9.95. The van der Waals surface area contributed by atoms with E-state index in [1.54, 1.807) is 0 Å². The molecule has 0 bridgehead atoms. The Bertz CT molecular complexity index is 755. The Balaban J connectivity index is 1.30. The summed E-state index contributed by atoms with van der Waals surface area (Å²) in [5, 5.41) is 0. The van der Waals surface area contributed by atoms with Crippen molar-refractivity contribution < 1.29 is 23.8 Å². The molecule has 0 amide bonds. The van der Waals surface area contributed by atoms with E-state index in [1.165, 1.54) is 50.2 Å². The van der Waals surface area contributed by atoms with Gasteiger partial charge in [-0.05, 0) is 100 Å². The van der Waals surface area contributed by atoms with Gasteiger partial charge in [-0.15, -0.1) is 0 Å². The van der Waals surface area contributed by atoms with Crippen molar-refractivity contribution >= 4 is 11.9 Å². The highest BCUT2D eigenvalue weighted by atomic mass is 16.5. The number of unbranched alkanes of at least 4 members (excludes halogenated alkanes) is 3. The van der Waals surface area contributed by atoms with E-state index in [1.807, 2.05) is 31.4 Å². The van der Waals surface area contributed by atoms with Crippen LogP contribution in [0.5, 0.6) is 0 Å². The molecule has 2 saturated carbocycles. The minimum Gasteiger partial charge on any atom is -0.463 e. The third-order valence-corrected chi connectivity index (χ3v) is 7.67. The van der Waals surface area contributed by atoms with Gasteiger partial charge in [-0.1, -0.05) is 31.6 Å². The van der Waals surface area contributed by atoms with Gasteiger partial charge in [0.25, 0.3) is 0 Å². The molecule has 0 unspecified atom stereocenters. The number of hydrogen-bond acceptors (Lipinski definition) is 5. The van der Waals surface area contributed by atoms with Crippen LogP contribution in [0.3, 0.4) is 0 Å². The number of benzene rings is 1. The molecule has 1 aromatic carbocycles. The second-order valence-corrected chi connectivity index (χ2v) is 9.95. The minimum atomic E-state index is -0.355. The van der Waals surface area contributed by atoms with Crippen molar-refractivity contribution in [2.75, 3.05) is 13.7 Å². The van der Waals surface area contributed by atoms with Gasteiger partial charge in [0.15, 0.2) is 0 Å². The molecule has 0 aliphatic heterocycles. The quantitative estimate of drug-likeness (QED) is 0.200. The van der Waals surface area contributed by atoms with Crippen LogP contribution in [0.15, 0.2) is 36.9 Å². The van der Waals surface area contributed by atoms with Gasteiger partial charge in [0, 0.05) is 13.2 Å². The van der Waals surface area contributed by atoms with Crippen LogP contribution in [0.4, 0.5) is 0 Å².